The second kappa shape index (κ2) is 7.49. The van der Waals surface area contributed by atoms with Crippen molar-refractivity contribution in [2.45, 2.75) is 13.0 Å². The van der Waals surface area contributed by atoms with Crippen molar-refractivity contribution in [2.75, 3.05) is 12.4 Å². The van der Waals surface area contributed by atoms with Crippen LogP contribution in [0.4, 0.5) is 10.5 Å². The molecular formula is C19H18ClN3O3. The smallest absolute Gasteiger partial charge is 0.319 e. The Morgan fingerprint density at radius 2 is 1.77 bits per heavy atom. The van der Waals surface area contributed by atoms with Gasteiger partial charge in [-0.3, -0.25) is 4.79 Å². The van der Waals surface area contributed by atoms with Crippen molar-refractivity contribution in [2.24, 2.45) is 0 Å². The molecule has 3 amide bonds. The number of carbonyl (C=O) groups excluding carboxylic acids is 2. The highest BCUT2D eigenvalue weighted by molar-refractivity contribution is 6.30. The van der Waals surface area contributed by atoms with Gasteiger partial charge in [-0.25, -0.2) is 4.79 Å². The Kier molecular flexibility index (Phi) is 5.14. The van der Waals surface area contributed by atoms with Gasteiger partial charge in [-0.2, -0.15) is 0 Å². The first kappa shape index (κ1) is 17.8. The van der Waals surface area contributed by atoms with Crippen LogP contribution < -0.4 is 20.7 Å². The van der Waals surface area contributed by atoms with E-state index in [0.717, 1.165) is 5.56 Å². The molecule has 0 aromatic heterocycles. The summed E-state index contributed by atoms with van der Waals surface area (Å²) in [6.45, 7) is 1.70. The Hall–Kier alpha value is -2.99. The molecule has 1 unspecified atom stereocenters. The summed E-state index contributed by atoms with van der Waals surface area (Å²) in [4.78, 5) is 24.8. The van der Waals surface area contributed by atoms with E-state index in [9.17, 15) is 9.59 Å². The normalized spacial score (nSPS) is 16.6. The molecule has 0 fully saturated rings. The third-order valence-electron chi connectivity index (χ3n) is 4.06. The van der Waals surface area contributed by atoms with Gasteiger partial charge in [-0.05, 0) is 48.9 Å². The minimum absolute atomic E-state index is 0.305. The van der Waals surface area contributed by atoms with Gasteiger partial charge in [0.25, 0.3) is 5.91 Å². The molecule has 7 heteroatoms. The molecule has 0 saturated heterocycles. The Bertz CT molecular complexity index is 861. The van der Waals surface area contributed by atoms with Crippen molar-refractivity contribution < 1.29 is 14.3 Å². The number of hydrogen-bond acceptors (Lipinski definition) is 3. The van der Waals surface area contributed by atoms with Gasteiger partial charge in [0.1, 0.15) is 5.75 Å². The lowest BCUT2D eigenvalue weighted by molar-refractivity contribution is -0.113. The molecule has 0 radical (unpaired) electrons. The number of hydrogen-bond donors (Lipinski definition) is 3. The minimum Gasteiger partial charge on any atom is -0.497 e. The SMILES string of the molecule is COc1ccc(NC(=O)C2=C(C)NC(=O)NC2c2ccc(Cl)cc2)cc1. The lowest BCUT2D eigenvalue weighted by Crippen LogP contribution is -2.45. The van der Waals surface area contributed by atoms with E-state index >= 15 is 0 Å². The number of rotatable bonds is 4. The second-order valence-corrected chi connectivity index (χ2v) is 6.24. The molecule has 0 aliphatic carbocycles. The van der Waals surface area contributed by atoms with Crippen molar-refractivity contribution in [1.29, 1.82) is 0 Å². The van der Waals surface area contributed by atoms with Crippen LogP contribution >= 0.6 is 11.6 Å². The lowest BCUT2D eigenvalue weighted by Gasteiger charge is -2.28. The molecule has 3 rings (SSSR count). The number of carbonyl (C=O) groups is 2. The van der Waals surface area contributed by atoms with Crippen LogP contribution in [0, 0.1) is 0 Å². The predicted octanol–water partition coefficient (Wildman–Crippen LogP) is 3.62. The van der Waals surface area contributed by atoms with E-state index in [1.807, 2.05) is 0 Å². The molecule has 3 N–H and O–H groups in total. The van der Waals surface area contributed by atoms with Crippen molar-refractivity contribution >= 4 is 29.2 Å². The fourth-order valence-electron chi connectivity index (χ4n) is 2.77. The van der Waals surface area contributed by atoms with E-state index < -0.39 is 6.04 Å². The highest BCUT2D eigenvalue weighted by atomic mass is 35.5. The maximum absolute atomic E-state index is 12.9. The number of nitrogens with one attached hydrogen (secondary N) is 3. The molecule has 2 aromatic carbocycles. The first-order valence-electron chi connectivity index (χ1n) is 7.97. The molecule has 134 valence electrons. The molecule has 1 atom stereocenters. The quantitative estimate of drug-likeness (QED) is 0.768. The average molecular weight is 372 g/mol. The predicted molar refractivity (Wildman–Crippen MR) is 100 cm³/mol. The molecule has 0 saturated carbocycles. The summed E-state index contributed by atoms with van der Waals surface area (Å²) >= 11 is 5.94. The minimum atomic E-state index is -0.570. The maximum atomic E-state index is 12.9. The van der Waals surface area contributed by atoms with E-state index in [1.165, 1.54) is 0 Å². The number of urea groups is 1. The number of halogens is 1. The number of methoxy groups -OCH3 is 1. The second-order valence-electron chi connectivity index (χ2n) is 5.80. The van der Waals surface area contributed by atoms with Gasteiger partial charge in [0, 0.05) is 16.4 Å². The highest BCUT2D eigenvalue weighted by Gasteiger charge is 2.31. The summed E-state index contributed by atoms with van der Waals surface area (Å²) < 4.78 is 5.11. The zero-order valence-electron chi connectivity index (χ0n) is 14.3. The van der Waals surface area contributed by atoms with Crippen LogP contribution in [0.1, 0.15) is 18.5 Å². The third kappa shape index (κ3) is 3.81. The van der Waals surface area contributed by atoms with Crippen molar-refractivity contribution in [3.8, 4) is 5.75 Å². The van der Waals surface area contributed by atoms with Crippen LogP contribution in [-0.2, 0) is 4.79 Å². The molecular weight excluding hydrogens is 354 g/mol. The topological polar surface area (TPSA) is 79.5 Å². The zero-order chi connectivity index (χ0) is 18.7. The fraction of sp³-hybridized carbons (Fsp3) is 0.158. The number of allylic oxidation sites excluding steroid dienone is 1. The lowest BCUT2D eigenvalue weighted by atomic mass is 9.95. The van der Waals surface area contributed by atoms with Crippen molar-refractivity contribution in [3.63, 3.8) is 0 Å². The molecule has 1 heterocycles. The first-order valence-corrected chi connectivity index (χ1v) is 8.35. The van der Waals surface area contributed by atoms with Gasteiger partial charge in [-0.1, -0.05) is 23.7 Å². The Morgan fingerprint density at radius 3 is 2.38 bits per heavy atom. The Labute approximate surface area is 156 Å². The largest absolute Gasteiger partial charge is 0.497 e. The zero-order valence-corrected chi connectivity index (χ0v) is 15.1. The fourth-order valence-corrected chi connectivity index (χ4v) is 2.90. The van der Waals surface area contributed by atoms with Crippen LogP contribution in [0.25, 0.3) is 0 Å². The molecule has 2 aromatic rings. The van der Waals surface area contributed by atoms with Crippen molar-refractivity contribution in [1.82, 2.24) is 10.6 Å². The number of anilines is 1. The van der Waals surface area contributed by atoms with E-state index in [4.69, 9.17) is 16.3 Å². The standard InChI is InChI=1S/C19H18ClN3O3/c1-11-16(18(24)22-14-7-9-15(26-2)10-8-14)17(23-19(25)21-11)12-3-5-13(20)6-4-12/h3-10,17H,1-2H3,(H,22,24)(H2,21,23,25). The van der Waals surface area contributed by atoms with Crippen molar-refractivity contribution in [3.05, 3.63) is 70.4 Å². The van der Waals surface area contributed by atoms with E-state index in [1.54, 1.807) is 62.6 Å². The van der Waals surface area contributed by atoms with Crippen LogP contribution in [-0.4, -0.2) is 19.0 Å². The highest BCUT2D eigenvalue weighted by Crippen LogP contribution is 2.28. The Balaban J connectivity index is 1.89. The Morgan fingerprint density at radius 1 is 1.12 bits per heavy atom. The van der Waals surface area contributed by atoms with E-state index in [2.05, 4.69) is 16.0 Å². The monoisotopic (exact) mass is 371 g/mol. The summed E-state index contributed by atoms with van der Waals surface area (Å²) in [5, 5.41) is 8.87. The van der Waals surface area contributed by atoms with Crippen LogP contribution in [0.15, 0.2) is 59.8 Å². The maximum Gasteiger partial charge on any atom is 0.319 e. The van der Waals surface area contributed by atoms with Crippen LogP contribution in [0.5, 0.6) is 5.75 Å². The van der Waals surface area contributed by atoms with Gasteiger partial charge >= 0.3 is 6.03 Å². The summed E-state index contributed by atoms with van der Waals surface area (Å²) in [6, 6.07) is 13.1. The number of ether oxygens (including phenoxy) is 1. The van der Waals surface area contributed by atoms with Gasteiger partial charge in [0.15, 0.2) is 0 Å². The van der Waals surface area contributed by atoms with Gasteiger partial charge in [0.2, 0.25) is 0 Å². The summed E-state index contributed by atoms with van der Waals surface area (Å²) in [7, 11) is 1.58. The molecule has 0 spiro atoms. The summed E-state index contributed by atoms with van der Waals surface area (Å²) in [6.07, 6.45) is 0. The number of amides is 3. The molecule has 1 aliphatic rings. The third-order valence-corrected chi connectivity index (χ3v) is 4.32. The average Bonchev–Trinajstić information content (AvgIpc) is 2.62. The van der Waals surface area contributed by atoms with Gasteiger partial charge < -0.3 is 20.7 Å². The molecule has 0 bridgehead atoms. The van der Waals surface area contributed by atoms with E-state index in [-0.39, 0.29) is 11.9 Å². The first-order chi connectivity index (χ1) is 12.5. The molecule has 1 aliphatic heterocycles. The van der Waals surface area contributed by atoms with Gasteiger partial charge in [0.05, 0.1) is 18.7 Å². The van der Waals surface area contributed by atoms with E-state index in [0.29, 0.717) is 27.7 Å². The van der Waals surface area contributed by atoms with Crippen LogP contribution in [0.2, 0.25) is 5.02 Å². The number of benzene rings is 2. The summed E-state index contributed by atoms with van der Waals surface area (Å²) in [5.74, 6) is 0.393. The molecule has 6 nitrogen and oxygen atoms in total. The van der Waals surface area contributed by atoms with Crippen LogP contribution in [0.3, 0.4) is 0 Å². The van der Waals surface area contributed by atoms with Gasteiger partial charge in [-0.15, -0.1) is 0 Å². The molecule has 26 heavy (non-hydrogen) atoms. The summed E-state index contributed by atoms with van der Waals surface area (Å²) in [5.41, 5.74) is 2.33.